The summed E-state index contributed by atoms with van der Waals surface area (Å²) in [7, 11) is 0. The molecule has 0 spiro atoms. The number of rotatable bonds is 5. The van der Waals surface area contributed by atoms with Crippen molar-refractivity contribution in [2.45, 2.75) is 45.3 Å². The van der Waals surface area contributed by atoms with Gasteiger partial charge in [-0.1, -0.05) is 0 Å². The molecule has 1 fully saturated rings. The zero-order valence-corrected chi connectivity index (χ0v) is 11.7. The molecule has 3 nitrogen and oxygen atoms in total. The summed E-state index contributed by atoms with van der Waals surface area (Å²) in [5, 5.41) is 3.55. The molecular formula is C14H19N3S. The van der Waals surface area contributed by atoms with E-state index in [1.165, 1.54) is 28.3 Å². The van der Waals surface area contributed by atoms with Gasteiger partial charge in [0, 0.05) is 28.5 Å². The number of aromatic nitrogens is 2. The van der Waals surface area contributed by atoms with Crippen molar-refractivity contribution in [2.24, 2.45) is 0 Å². The second-order valence-corrected chi connectivity index (χ2v) is 6.39. The molecule has 96 valence electrons. The van der Waals surface area contributed by atoms with Gasteiger partial charge < -0.3 is 9.88 Å². The van der Waals surface area contributed by atoms with Crippen molar-refractivity contribution in [2.75, 3.05) is 0 Å². The molecule has 1 atom stereocenters. The van der Waals surface area contributed by atoms with Crippen molar-refractivity contribution in [3.8, 4) is 0 Å². The fraction of sp³-hybridized carbons (Fsp3) is 0.500. The maximum Gasteiger partial charge on any atom is 0.0954 e. The topological polar surface area (TPSA) is 29.9 Å². The molecule has 0 radical (unpaired) electrons. The van der Waals surface area contributed by atoms with Crippen LogP contribution in [0.4, 0.5) is 0 Å². The average molecular weight is 261 g/mol. The van der Waals surface area contributed by atoms with E-state index < -0.39 is 0 Å². The maximum atomic E-state index is 4.30. The van der Waals surface area contributed by atoms with Crippen molar-refractivity contribution in [1.82, 2.24) is 14.9 Å². The minimum absolute atomic E-state index is 0.377. The molecule has 1 N–H and O–H groups in total. The Morgan fingerprint density at radius 3 is 3.00 bits per heavy atom. The van der Waals surface area contributed by atoms with E-state index in [9.17, 15) is 0 Å². The Morgan fingerprint density at radius 2 is 2.33 bits per heavy atom. The SMILES string of the molecule is Cc1ccc(C(C)n2cncc2CNC2CC2)s1. The molecule has 0 bridgehead atoms. The number of hydrogen-bond donors (Lipinski definition) is 1. The lowest BCUT2D eigenvalue weighted by atomic mass is 10.2. The van der Waals surface area contributed by atoms with Crippen molar-refractivity contribution in [3.05, 3.63) is 40.1 Å². The van der Waals surface area contributed by atoms with Crippen molar-refractivity contribution < 1.29 is 0 Å². The summed E-state index contributed by atoms with van der Waals surface area (Å²) in [6, 6.07) is 5.54. The van der Waals surface area contributed by atoms with Crippen LogP contribution < -0.4 is 5.32 Å². The van der Waals surface area contributed by atoms with E-state index in [0.717, 1.165) is 12.6 Å². The van der Waals surface area contributed by atoms with E-state index in [-0.39, 0.29) is 0 Å². The first-order chi connectivity index (χ1) is 8.74. The minimum atomic E-state index is 0.377. The number of nitrogens with zero attached hydrogens (tertiary/aromatic N) is 2. The van der Waals surface area contributed by atoms with Gasteiger partial charge in [-0.2, -0.15) is 0 Å². The van der Waals surface area contributed by atoms with E-state index in [0.29, 0.717) is 6.04 Å². The van der Waals surface area contributed by atoms with Crippen LogP contribution in [0.25, 0.3) is 0 Å². The quantitative estimate of drug-likeness (QED) is 0.896. The zero-order chi connectivity index (χ0) is 12.5. The molecule has 1 saturated carbocycles. The van der Waals surface area contributed by atoms with E-state index in [1.54, 1.807) is 0 Å². The second-order valence-electron chi connectivity index (χ2n) is 5.07. The lowest BCUT2D eigenvalue weighted by molar-refractivity contribution is 0.580. The monoisotopic (exact) mass is 261 g/mol. The second kappa shape index (κ2) is 4.86. The van der Waals surface area contributed by atoms with Gasteiger partial charge in [0.2, 0.25) is 0 Å². The summed E-state index contributed by atoms with van der Waals surface area (Å²) in [6.45, 7) is 5.33. The Balaban J connectivity index is 1.75. The molecule has 18 heavy (non-hydrogen) atoms. The molecule has 2 heterocycles. The first-order valence-corrected chi connectivity index (χ1v) is 7.36. The molecular weight excluding hydrogens is 242 g/mol. The summed E-state index contributed by atoms with van der Waals surface area (Å²) >= 11 is 1.87. The highest BCUT2D eigenvalue weighted by molar-refractivity contribution is 7.12. The molecule has 0 amide bonds. The van der Waals surface area contributed by atoms with Crippen molar-refractivity contribution in [3.63, 3.8) is 0 Å². The first-order valence-electron chi connectivity index (χ1n) is 6.54. The minimum Gasteiger partial charge on any atom is -0.325 e. The lowest BCUT2D eigenvalue weighted by Gasteiger charge is -2.15. The summed E-state index contributed by atoms with van der Waals surface area (Å²) in [5.41, 5.74) is 1.28. The van der Waals surface area contributed by atoms with Crippen LogP contribution in [-0.4, -0.2) is 15.6 Å². The predicted octanol–water partition coefficient (Wildman–Crippen LogP) is 3.11. The molecule has 2 aromatic rings. The predicted molar refractivity (Wildman–Crippen MR) is 75.0 cm³/mol. The molecule has 0 aliphatic heterocycles. The van der Waals surface area contributed by atoms with E-state index >= 15 is 0 Å². The van der Waals surface area contributed by atoms with Crippen LogP contribution in [0.3, 0.4) is 0 Å². The van der Waals surface area contributed by atoms with Gasteiger partial charge in [-0.25, -0.2) is 4.98 Å². The normalized spacial score (nSPS) is 17.0. The highest BCUT2D eigenvalue weighted by Crippen LogP contribution is 2.27. The van der Waals surface area contributed by atoms with Crippen molar-refractivity contribution in [1.29, 1.82) is 0 Å². The van der Waals surface area contributed by atoms with Gasteiger partial charge in [0.15, 0.2) is 0 Å². The van der Waals surface area contributed by atoms with Gasteiger partial charge in [-0.05, 0) is 38.8 Å². The van der Waals surface area contributed by atoms with Crippen LogP contribution in [-0.2, 0) is 6.54 Å². The van der Waals surface area contributed by atoms with E-state index in [1.807, 2.05) is 23.9 Å². The Kier molecular flexibility index (Phi) is 3.22. The first kappa shape index (κ1) is 11.9. The Labute approximate surface area is 112 Å². The Morgan fingerprint density at radius 1 is 1.50 bits per heavy atom. The average Bonchev–Trinajstić information content (AvgIpc) is 2.90. The van der Waals surface area contributed by atoms with E-state index in [4.69, 9.17) is 0 Å². The van der Waals surface area contributed by atoms with Crippen LogP contribution in [0.2, 0.25) is 0 Å². The van der Waals surface area contributed by atoms with Crippen LogP contribution >= 0.6 is 11.3 Å². The molecule has 1 aliphatic rings. The van der Waals surface area contributed by atoms with Gasteiger partial charge in [0.05, 0.1) is 18.1 Å². The van der Waals surface area contributed by atoms with Gasteiger partial charge in [0.25, 0.3) is 0 Å². The molecule has 1 unspecified atom stereocenters. The van der Waals surface area contributed by atoms with Crippen LogP contribution in [0, 0.1) is 6.92 Å². The fourth-order valence-electron chi connectivity index (χ4n) is 2.17. The van der Waals surface area contributed by atoms with Gasteiger partial charge in [0.1, 0.15) is 0 Å². The van der Waals surface area contributed by atoms with E-state index in [2.05, 4.69) is 40.8 Å². The molecule has 4 heteroatoms. The third-order valence-corrected chi connectivity index (χ3v) is 4.66. The lowest BCUT2D eigenvalue weighted by Crippen LogP contribution is -2.19. The highest BCUT2D eigenvalue weighted by Gasteiger charge is 2.21. The van der Waals surface area contributed by atoms with Crippen molar-refractivity contribution >= 4 is 11.3 Å². The fourth-order valence-corrected chi connectivity index (χ4v) is 3.10. The molecule has 3 rings (SSSR count). The van der Waals surface area contributed by atoms with Crippen LogP contribution in [0.15, 0.2) is 24.7 Å². The van der Waals surface area contributed by atoms with Gasteiger partial charge in [-0.15, -0.1) is 11.3 Å². The standard InChI is InChI=1S/C14H19N3S/c1-10-3-6-14(18-10)11(2)17-9-15-7-13(17)8-16-12-4-5-12/h3,6-7,9,11-12,16H,4-5,8H2,1-2H3. The summed E-state index contributed by atoms with van der Waals surface area (Å²) in [6.07, 6.45) is 6.58. The number of aryl methyl sites for hydroxylation is 1. The summed E-state index contributed by atoms with van der Waals surface area (Å²) in [5.74, 6) is 0. The van der Waals surface area contributed by atoms with Gasteiger partial charge >= 0.3 is 0 Å². The van der Waals surface area contributed by atoms with Crippen LogP contribution in [0.5, 0.6) is 0 Å². The molecule has 0 aromatic carbocycles. The smallest absolute Gasteiger partial charge is 0.0954 e. The Bertz CT molecular complexity index is 525. The number of imidazole rings is 1. The Hall–Kier alpha value is -1.13. The van der Waals surface area contributed by atoms with Crippen LogP contribution in [0.1, 0.15) is 41.3 Å². The molecule has 1 aliphatic carbocycles. The largest absolute Gasteiger partial charge is 0.325 e. The van der Waals surface area contributed by atoms with Gasteiger partial charge in [-0.3, -0.25) is 0 Å². The summed E-state index contributed by atoms with van der Waals surface area (Å²) in [4.78, 5) is 7.07. The third-order valence-electron chi connectivity index (χ3n) is 3.49. The maximum absolute atomic E-state index is 4.30. The zero-order valence-electron chi connectivity index (χ0n) is 10.9. The number of nitrogens with one attached hydrogen (secondary N) is 1. The highest BCUT2D eigenvalue weighted by atomic mass is 32.1. The number of thiophene rings is 1. The number of hydrogen-bond acceptors (Lipinski definition) is 3. The third kappa shape index (κ3) is 2.49. The molecule has 0 saturated heterocycles. The molecule has 2 aromatic heterocycles. The summed E-state index contributed by atoms with van der Waals surface area (Å²) < 4.78 is 2.28.